The summed E-state index contributed by atoms with van der Waals surface area (Å²) in [5.41, 5.74) is 0.192. The van der Waals surface area contributed by atoms with Crippen molar-refractivity contribution in [2.45, 2.75) is 6.42 Å². The van der Waals surface area contributed by atoms with Crippen LogP contribution in [-0.2, 0) is 20.5 Å². The van der Waals surface area contributed by atoms with Gasteiger partial charge in [0, 0.05) is 32.1 Å². The lowest BCUT2D eigenvalue weighted by Gasteiger charge is -2.10. The first-order chi connectivity index (χ1) is 14.3. The van der Waals surface area contributed by atoms with E-state index in [1.54, 1.807) is 43.6 Å². The molecule has 3 heterocycles. The van der Waals surface area contributed by atoms with Gasteiger partial charge in [-0.25, -0.2) is 4.79 Å². The van der Waals surface area contributed by atoms with Gasteiger partial charge in [-0.1, -0.05) is 6.07 Å². The fourth-order valence-corrected chi connectivity index (χ4v) is 4.14. The number of aromatic hydroxyl groups is 1. The van der Waals surface area contributed by atoms with E-state index in [1.807, 2.05) is 5.38 Å². The van der Waals surface area contributed by atoms with E-state index in [9.17, 15) is 19.5 Å². The summed E-state index contributed by atoms with van der Waals surface area (Å²) < 4.78 is 8.82. The number of thiophene rings is 1. The van der Waals surface area contributed by atoms with Gasteiger partial charge in [0.05, 0.1) is 23.1 Å². The van der Waals surface area contributed by atoms with Gasteiger partial charge in [0.2, 0.25) is 5.88 Å². The summed E-state index contributed by atoms with van der Waals surface area (Å²) in [5, 5.41) is 13.0. The van der Waals surface area contributed by atoms with Crippen LogP contribution < -0.4 is 16.0 Å². The minimum atomic E-state index is -0.613. The zero-order valence-corrected chi connectivity index (χ0v) is 17.4. The van der Waals surface area contributed by atoms with Crippen LogP contribution in [0.1, 0.15) is 20.8 Å². The lowest BCUT2D eigenvalue weighted by Crippen LogP contribution is -2.38. The zero-order valence-electron chi connectivity index (χ0n) is 16.6. The number of rotatable bonds is 4. The van der Waals surface area contributed by atoms with Gasteiger partial charge in [0.1, 0.15) is 5.75 Å². The highest BCUT2D eigenvalue weighted by atomic mass is 32.1. The summed E-state index contributed by atoms with van der Waals surface area (Å²) in [6.07, 6.45) is 1.71. The van der Waals surface area contributed by atoms with Crippen molar-refractivity contribution in [1.29, 1.82) is 0 Å². The van der Waals surface area contributed by atoms with Crippen molar-refractivity contribution < 1.29 is 14.6 Å². The van der Waals surface area contributed by atoms with E-state index in [-0.39, 0.29) is 17.9 Å². The van der Waals surface area contributed by atoms with Gasteiger partial charge < -0.3 is 9.84 Å². The summed E-state index contributed by atoms with van der Waals surface area (Å²) in [7, 11) is 4.30. The van der Waals surface area contributed by atoms with Gasteiger partial charge in [-0.05, 0) is 35.2 Å². The van der Waals surface area contributed by atoms with Crippen LogP contribution in [0.4, 0.5) is 0 Å². The van der Waals surface area contributed by atoms with E-state index in [2.05, 4.69) is 0 Å². The molecule has 0 fully saturated rings. The number of methoxy groups -OCH3 is 1. The lowest BCUT2D eigenvalue weighted by molar-refractivity contribution is 0.0969. The Kier molecular flexibility index (Phi) is 4.83. The second-order valence-corrected chi connectivity index (χ2v) is 7.82. The Labute approximate surface area is 174 Å². The number of ether oxygens (including phenoxy) is 1. The minimum Gasteiger partial charge on any atom is -0.497 e. The summed E-state index contributed by atoms with van der Waals surface area (Å²) in [6, 6.07) is 8.87. The van der Waals surface area contributed by atoms with Crippen LogP contribution in [0.3, 0.4) is 0 Å². The maximum absolute atomic E-state index is 13.0. The van der Waals surface area contributed by atoms with Crippen LogP contribution >= 0.6 is 11.3 Å². The van der Waals surface area contributed by atoms with Gasteiger partial charge in [-0.15, -0.1) is 11.3 Å². The largest absolute Gasteiger partial charge is 0.497 e. The second-order valence-electron chi connectivity index (χ2n) is 6.87. The zero-order chi connectivity index (χ0) is 21.6. The highest BCUT2D eigenvalue weighted by molar-refractivity contribution is 7.12. The molecule has 0 aliphatic rings. The smallest absolute Gasteiger partial charge is 0.333 e. The molecule has 1 aromatic carbocycles. The van der Waals surface area contributed by atoms with Gasteiger partial charge in [0.15, 0.2) is 0 Å². The molecule has 4 rings (SSSR count). The van der Waals surface area contributed by atoms with E-state index in [0.717, 1.165) is 14.5 Å². The van der Waals surface area contributed by atoms with E-state index in [1.165, 1.54) is 30.0 Å². The highest BCUT2D eigenvalue weighted by Gasteiger charge is 2.21. The number of fused-ring (bicyclic) bond motifs is 1. The van der Waals surface area contributed by atoms with Crippen LogP contribution in [0, 0.1) is 0 Å². The Morgan fingerprint density at radius 2 is 1.93 bits per heavy atom. The predicted molar refractivity (Wildman–Crippen MR) is 114 cm³/mol. The molecule has 0 radical (unpaired) electrons. The molecule has 0 bridgehead atoms. The van der Waals surface area contributed by atoms with Crippen molar-refractivity contribution in [2.24, 2.45) is 14.1 Å². The van der Waals surface area contributed by atoms with Crippen molar-refractivity contribution in [1.82, 2.24) is 13.7 Å². The standard InChI is InChI=1S/C21H19N3O5S/c1-22-18(25)15(19(26)23(2)21(22)28)9-12-11-24(20(27)17-5-4-8-30-17)16-7-6-13(29-3)10-14(12)16/h4-8,10-11,25H,9H2,1-3H3. The Balaban J connectivity index is 1.93. The number of carbonyl (C=O) groups is 1. The van der Waals surface area contributed by atoms with Crippen molar-refractivity contribution in [3.05, 3.63) is 78.8 Å². The highest BCUT2D eigenvalue weighted by Crippen LogP contribution is 2.29. The lowest BCUT2D eigenvalue weighted by atomic mass is 10.1. The molecule has 0 aliphatic heterocycles. The molecule has 0 atom stereocenters. The van der Waals surface area contributed by atoms with Crippen LogP contribution in [0.15, 0.2) is 51.5 Å². The van der Waals surface area contributed by atoms with E-state index >= 15 is 0 Å². The number of aromatic nitrogens is 3. The maximum Gasteiger partial charge on any atom is 0.333 e. The molecule has 154 valence electrons. The topological polar surface area (TPSA) is 95.5 Å². The van der Waals surface area contributed by atoms with E-state index < -0.39 is 17.1 Å². The Hall–Kier alpha value is -3.59. The monoisotopic (exact) mass is 425 g/mol. The molecular formula is C21H19N3O5S. The van der Waals surface area contributed by atoms with Gasteiger partial charge in [-0.3, -0.25) is 23.3 Å². The van der Waals surface area contributed by atoms with Crippen molar-refractivity contribution >= 4 is 28.1 Å². The van der Waals surface area contributed by atoms with Crippen LogP contribution in [0.2, 0.25) is 0 Å². The number of hydrogen-bond acceptors (Lipinski definition) is 6. The van der Waals surface area contributed by atoms with Crippen LogP contribution in [0.5, 0.6) is 11.6 Å². The van der Waals surface area contributed by atoms with E-state index in [0.29, 0.717) is 21.7 Å². The summed E-state index contributed by atoms with van der Waals surface area (Å²) in [6.45, 7) is 0. The number of benzene rings is 1. The molecule has 4 aromatic rings. The minimum absolute atomic E-state index is 0.0427. The maximum atomic E-state index is 13.0. The molecule has 1 N–H and O–H groups in total. The average molecular weight is 425 g/mol. The summed E-state index contributed by atoms with van der Waals surface area (Å²) >= 11 is 1.34. The first-order valence-electron chi connectivity index (χ1n) is 9.07. The van der Waals surface area contributed by atoms with Gasteiger partial charge >= 0.3 is 5.69 Å². The van der Waals surface area contributed by atoms with Crippen molar-refractivity contribution in [3.8, 4) is 11.6 Å². The molecule has 0 saturated carbocycles. The molecule has 0 spiro atoms. The molecule has 0 unspecified atom stereocenters. The third-order valence-corrected chi connectivity index (χ3v) is 5.99. The molecule has 0 saturated heterocycles. The number of carbonyl (C=O) groups excluding carboxylic acids is 1. The summed E-state index contributed by atoms with van der Waals surface area (Å²) in [5.74, 6) is 0.0168. The molecule has 30 heavy (non-hydrogen) atoms. The molecule has 8 nitrogen and oxygen atoms in total. The fourth-order valence-electron chi connectivity index (χ4n) is 3.48. The molecule has 9 heteroatoms. The third kappa shape index (κ3) is 3.03. The van der Waals surface area contributed by atoms with Gasteiger partial charge in [0.25, 0.3) is 11.5 Å². The number of hydrogen-bond donors (Lipinski definition) is 1. The molecular weight excluding hydrogens is 406 g/mol. The molecule has 3 aromatic heterocycles. The van der Waals surface area contributed by atoms with E-state index in [4.69, 9.17) is 4.74 Å². The van der Waals surface area contributed by atoms with Crippen LogP contribution in [0.25, 0.3) is 10.9 Å². The second kappa shape index (κ2) is 7.34. The first kappa shape index (κ1) is 19.7. The van der Waals surface area contributed by atoms with Crippen molar-refractivity contribution in [2.75, 3.05) is 7.11 Å². The number of nitrogens with zero attached hydrogens (tertiary/aromatic N) is 3. The van der Waals surface area contributed by atoms with Gasteiger partial charge in [-0.2, -0.15) is 0 Å². The predicted octanol–water partition coefficient (Wildman–Crippen LogP) is 2.09. The molecule has 0 amide bonds. The third-order valence-electron chi connectivity index (χ3n) is 5.14. The first-order valence-corrected chi connectivity index (χ1v) is 9.95. The summed E-state index contributed by atoms with van der Waals surface area (Å²) in [4.78, 5) is 38.3. The Morgan fingerprint density at radius 1 is 1.17 bits per heavy atom. The quantitative estimate of drug-likeness (QED) is 0.540. The fraction of sp³-hybridized carbons (Fsp3) is 0.190. The van der Waals surface area contributed by atoms with Crippen LogP contribution in [-0.4, -0.2) is 31.8 Å². The molecule has 0 aliphatic carbocycles. The Bertz CT molecular complexity index is 1390. The Morgan fingerprint density at radius 3 is 2.60 bits per heavy atom. The normalized spacial score (nSPS) is 11.2. The average Bonchev–Trinajstić information content (AvgIpc) is 3.41. The SMILES string of the molecule is COc1ccc2c(c1)c(Cc1c(O)n(C)c(=O)n(C)c1=O)cn2C(=O)c1cccs1. The van der Waals surface area contributed by atoms with Crippen molar-refractivity contribution in [3.63, 3.8) is 0 Å².